The first kappa shape index (κ1) is 13.4. The molecule has 2 aromatic rings. The first-order valence-electron chi connectivity index (χ1n) is 5.57. The second kappa shape index (κ2) is 5.75. The third kappa shape index (κ3) is 3.48. The van der Waals surface area contributed by atoms with Crippen molar-refractivity contribution < 1.29 is 9.18 Å². The third-order valence-corrected chi connectivity index (χ3v) is 2.71. The molecule has 1 aromatic carbocycles. The average Bonchev–Trinajstić information content (AvgIpc) is 2.40. The minimum Gasteiger partial charge on any atom is -0.347 e. The number of benzene rings is 1. The lowest BCUT2D eigenvalue weighted by molar-refractivity contribution is 0.0945. The highest BCUT2D eigenvalue weighted by molar-refractivity contribution is 6.29. The molecule has 0 spiro atoms. The molecule has 1 N–H and O–H groups in total. The molecule has 0 aliphatic heterocycles. The van der Waals surface area contributed by atoms with Gasteiger partial charge in [0.15, 0.2) is 0 Å². The van der Waals surface area contributed by atoms with E-state index in [2.05, 4.69) is 15.3 Å². The second-order valence-corrected chi connectivity index (χ2v) is 4.38. The highest BCUT2D eigenvalue weighted by atomic mass is 35.5. The fourth-order valence-electron chi connectivity index (χ4n) is 1.47. The van der Waals surface area contributed by atoms with E-state index in [9.17, 15) is 9.18 Å². The molecule has 0 radical (unpaired) electrons. The maximum atomic E-state index is 13.3. The fourth-order valence-corrected chi connectivity index (χ4v) is 1.62. The van der Waals surface area contributed by atoms with Gasteiger partial charge < -0.3 is 5.32 Å². The average molecular weight is 280 g/mol. The minimum absolute atomic E-state index is 0.125. The van der Waals surface area contributed by atoms with Gasteiger partial charge >= 0.3 is 0 Å². The maximum absolute atomic E-state index is 13.3. The Morgan fingerprint density at radius 3 is 2.89 bits per heavy atom. The van der Waals surface area contributed by atoms with Crippen LogP contribution in [0.4, 0.5) is 4.39 Å². The number of rotatable bonds is 3. The van der Waals surface area contributed by atoms with Crippen molar-refractivity contribution in [2.24, 2.45) is 0 Å². The number of nitrogens with zero attached hydrogens (tertiary/aromatic N) is 2. The molecule has 4 nitrogen and oxygen atoms in total. The van der Waals surface area contributed by atoms with Gasteiger partial charge in [-0.05, 0) is 24.1 Å². The monoisotopic (exact) mass is 279 g/mol. The quantitative estimate of drug-likeness (QED) is 0.939. The molecule has 0 aliphatic carbocycles. The van der Waals surface area contributed by atoms with Gasteiger partial charge in [0.2, 0.25) is 0 Å². The first-order chi connectivity index (χ1) is 9.06. The number of hydrogen-bond donors (Lipinski definition) is 1. The van der Waals surface area contributed by atoms with Gasteiger partial charge in [-0.2, -0.15) is 0 Å². The lowest BCUT2D eigenvalue weighted by Crippen LogP contribution is -2.24. The fraction of sp³-hybridized carbons (Fsp3) is 0.154. The highest BCUT2D eigenvalue weighted by Crippen LogP contribution is 2.09. The van der Waals surface area contributed by atoms with E-state index >= 15 is 0 Å². The van der Waals surface area contributed by atoms with Crippen LogP contribution < -0.4 is 5.32 Å². The van der Waals surface area contributed by atoms with Crippen molar-refractivity contribution in [1.82, 2.24) is 15.3 Å². The summed E-state index contributed by atoms with van der Waals surface area (Å²) in [7, 11) is 0. The van der Waals surface area contributed by atoms with Crippen LogP contribution >= 0.6 is 11.6 Å². The van der Waals surface area contributed by atoms with Gasteiger partial charge in [0.05, 0.1) is 12.4 Å². The molecule has 98 valence electrons. The van der Waals surface area contributed by atoms with Crippen molar-refractivity contribution in [3.63, 3.8) is 0 Å². The highest BCUT2D eigenvalue weighted by Gasteiger charge is 2.08. The SMILES string of the molecule is Cc1ccc(CNC(=O)c2cncc(Cl)n2)cc1F. The zero-order chi connectivity index (χ0) is 13.8. The zero-order valence-electron chi connectivity index (χ0n) is 10.2. The van der Waals surface area contributed by atoms with Crippen LogP contribution in [-0.4, -0.2) is 15.9 Å². The van der Waals surface area contributed by atoms with E-state index in [0.717, 1.165) is 0 Å². The van der Waals surface area contributed by atoms with Crippen LogP contribution in [0.2, 0.25) is 5.15 Å². The number of aryl methyl sites for hydroxylation is 1. The van der Waals surface area contributed by atoms with Crippen molar-refractivity contribution in [1.29, 1.82) is 0 Å². The minimum atomic E-state index is -0.406. The summed E-state index contributed by atoms with van der Waals surface area (Å²) in [4.78, 5) is 19.4. The Morgan fingerprint density at radius 2 is 2.21 bits per heavy atom. The molecule has 0 saturated carbocycles. The molecule has 1 aromatic heterocycles. The molecule has 2 rings (SSSR count). The van der Waals surface area contributed by atoms with E-state index in [1.807, 2.05) is 0 Å². The topological polar surface area (TPSA) is 54.9 Å². The number of nitrogens with one attached hydrogen (secondary N) is 1. The molecule has 0 bridgehead atoms. The standard InChI is InChI=1S/C13H11ClFN3O/c1-8-2-3-9(4-10(8)15)5-17-13(19)11-6-16-7-12(14)18-11/h2-4,6-7H,5H2,1H3,(H,17,19). The summed E-state index contributed by atoms with van der Waals surface area (Å²) >= 11 is 5.64. The largest absolute Gasteiger partial charge is 0.347 e. The first-order valence-corrected chi connectivity index (χ1v) is 5.95. The maximum Gasteiger partial charge on any atom is 0.271 e. The van der Waals surface area contributed by atoms with Gasteiger partial charge in [0.25, 0.3) is 5.91 Å². The molecular weight excluding hydrogens is 269 g/mol. The van der Waals surface area contributed by atoms with Gasteiger partial charge in [-0.3, -0.25) is 9.78 Å². The number of amides is 1. The lowest BCUT2D eigenvalue weighted by atomic mass is 10.1. The van der Waals surface area contributed by atoms with Gasteiger partial charge in [-0.15, -0.1) is 0 Å². The van der Waals surface area contributed by atoms with Crippen molar-refractivity contribution in [3.8, 4) is 0 Å². The Labute approximate surface area is 114 Å². The summed E-state index contributed by atoms with van der Waals surface area (Å²) in [5.74, 6) is -0.703. The summed E-state index contributed by atoms with van der Waals surface area (Å²) < 4.78 is 13.3. The number of halogens is 2. The summed E-state index contributed by atoms with van der Waals surface area (Å²) in [6.07, 6.45) is 2.66. The lowest BCUT2D eigenvalue weighted by Gasteiger charge is -2.06. The van der Waals surface area contributed by atoms with Crippen LogP contribution in [-0.2, 0) is 6.54 Å². The Morgan fingerprint density at radius 1 is 1.42 bits per heavy atom. The Kier molecular flexibility index (Phi) is 4.06. The van der Waals surface area contributed by atoms with Crippen molar-refractivity contribution in [3.05, 3.63) is 58.4 Å². The van der Waals surface area contributed by atoms with E-state index in [1.54, 1.807) is 19.1 Å². The molecule has 1 amide bonds. The smallest absolute Gasteiger partial charge is 0.271 e. The van der Waals surface area contributed by atoms with Crippen molar-refractivity contribution >= 4 is 17.5 Å². The van der Waals surface area contributed by atoms with E-state index in [0.29, 0.717) is 11.1 Å². The molecule has 1 heterocycles. The predicted molar refractivity (Wildman–Crippen MR) is 69.3 cm³/mol. The second-order valence-electron chi connectivity index (χ2n) is 3.99. The van der Waals surface area contributed by atoms with Gasteiger partial charge in [-0.1, -0.05) is 23.7 Å². The van der Waals surface area contributed by atoms with Crippen molar-refractivity contribution in [2.75, 3.05) is 0 Å². The van der Waals surface area contributed by atoms with E-state index in [4.69, 9.17) is 11.6 Å². The summed E-state index contributed by atoms with van der Waals surface area (Å²) in [5.41, 5.74) is 1.36. The van der Waals surface area contributed by atoms with E-state index < -0.39 is 5.91 Å². The van der Waals surface area contributed by atoms with Crippen molar-refractivity contribution in [2.45, 2.75) is 13.5 Å². The van der Waals surface area contributed by atoms with Crippen LogP contribution in [0, 0.1) is 12.7 Å². The summed E-state index contributed by atoms with van der Waals surface area (Å²) in [5, 5.41) is 2.77. The number of carbonyl (C=O) groups excluding carboxylic acids is 1. The van der Waals surface area contributed by atoms with Gasteiger partial charge in [0.1, 0.15) is 16.7 Å². The van der Waals surface area contributed by atoms with Crippen LogP contribution in [0.1, 0.15) is 21.6 Å². The van der Waals surface area contributed by atoms with Crippen LogP contribution in [0.5, 0.6) is 0 Å². The Bertz CT molecular complexity index is 619. The van der Waals surface area contributed by atoms with Gasteiger partial charge in [-0.25, -0.2) is 9.37 Å². The normalized spacial score (nSPS) is 10.3. The third-order valence-electron chi connectivity index (χ3n) is 2.53. The number of carbonyl (C=O) groups is 1. The molecule has 0 saturated heterocycles. The van der Waals surface area contributed by atoms with E-state index in [1.165, 1.54) is 18.5 Å². The Hall–Kier alpha value is -2.01. The predicted octanol–water partition coefficient (Wildman–Crippen LogP) is 2.51. The summed E-state index contributed by atoms with van der Waals surface area (Å²) in [6, 6.07) is 4.80. The molecule has 0 fully saturated rings. The molecule has 0 aliphatic rings. The van der Waals surface area contributed by atoms with Crippen LogP contribution in [0.25, 0.3) is 0 Å². The van der Waals surface area contributed by atoms with Gasteiger partial charge in [0, 0.05) is 6.54 Å². The number of aromatic nitrogens is 2. The van der Waals surface area contributed by atoms with Crippen LogP contribution in [0.3, 0.4) is 0 Å². The molecule has 6 heteroatoms. The van der Waals surface area contributed by atoms with E-state index in [-0.39, 0.29) is 23.2 Å². The Balaban J connectivity index is 2.02. The van der Waals surface area contributed by atoms with Crippen LogP contribution in [0.15, 0.2) is 30.6 Å². The molecule has 19 heavy (non-hydrogen) atoms. The molecule has 0 atom stereocenters. The summed E-state index contributed by atoms with van der Waals surface area (Å²) in [6.45, 7) is 1.89. The molecule has 0 unspecified atom stereocenters. The zero-order valence-corrected chi connectivity index (χ0v) is 10.9. The molecular formula is C13H11ClFN3O. The number of hydrogen-bond acceptors (Lipinski definition) is 3.